The fourth-order valence-electron chi connectivity index (χ4n) is 2.67. The number of likely N-dealkylation sites (N-methyl/N-ethyl adjacent to an activating group) is 1. The van der Waals surface area contributed by atoms with E-state index in [0.717, 1.165) is 23.6 Å². The van der Waals surface area contributed by atoms with E-state index in [1.165, 1.54) is 12.1 Å². The summed E-state index contributed by atoms with van der Waals surface area (Å²) in [6.07, 6.45) is 1.02. The molecular weight excluding hydrogens is 370 g/mol. The molecule has 0 aliphatic rings. The average Bonchev–Trinajstić information content (AvgIpc) is 2.61. The summed E-state index contributed by atoms with van der Waals surface area (Å²) in [6.45, 7) is 0.401. The first kappa shape index (κ1) is 20.7. The molecule has 0 spiro atoms. The van der Waals surface area contributed by atoms with E-state index < -0.39 is 14.8 Å². The normalized spacial score (nSPS) is 12.6. The van der Waals surface area contributed by atoms with Crippen molar-refractivity contribution >= 4 is 21.2 Å². The van der Waals surface area contributed by atoms with Gasteiger partial charge in [0.25, 0.3) is 5.69 Å². The number of hydrogen-bond acceptors (Lipinski definition) is 7. The highest BCUT2D eigenvalue weighted by atomic mass is 32.2. The van der Waals surface area contributed by atoms with Gasteiger partial charge in [-0.05, 0) is 43.9 Å². The lowest BCUT2D eigenvalue weighted by Crippen LogP contribution is -2.27. The number of sulfone groups is 1. The first-order chi connectivity index (χ1) is 12.6. The lowest BCUT2D eigenvalue weighted by Gasteiger charge is -2.25. The quantitative estimate of drug-likeness (QED) is 0.543. The Morgan fingerprint density at radius 1 is 1.19 bits per heavy atom. The summed E-state index contributed by atoms with van der Waals surface area (Å²) in [6, 6.07) is 11.4. The third-order valence-electron chi connectivity index (χ3n) is 4.20. The molecule has 0 unspecified atom stereocenters. The molecule has 2 aromatic rings. The predicted molar refractivity (Wildman–Crippen MR) is 104 cm³/mol. The summed E-state index contributed by atoms with van der Waals surface area (Å²) in [4.78, 5) is 12.7. The Morgan fingerprint density at radius 2 is 1.81 bits per heavy atom. The fraction of sp³-hybridized carbons (Fsp3) is 0.333. The Hall–Kier alpha value is -2.65. The van der Waals surface area contributed by atoms with Gasteiger partial charge in [-0.2, -0.15) is 0 Å². The van der Waals surface area contributed by atoms with E-state index in [0.29, 0.717) is 6.54 Å². The third-order valence-corrected chi connectivity index (χ3v) is 5.31. The van der Waals surface area contributed by atoms with Crippen LogP contribution >= 0.6 is 0 Å². The summed E-state index contributed by atoms with van der Waals surface area (Å²) in [5.41, 5.74) is 1.02. The predicted octanol–water partition coefficient (Wildman–Crippen LogP) is 2.72. The Bertz CT molecular complexity index is 911. The number of nitrogens with zero attached hydrogens (tertiary/aromatic N) is 2. The first-order valence-corrected chi connectivity index (χ1v) is 10.1. The van der Waals surface area contributed by atoms with Crippen LogP contribution in [0.15, 0.2) is 47.4 Å². The van der Waals surface area contributed by atoms with E-state index in [1.807, 2.05) is 43.3 Å². The minimum Gasteiger partial charge on any atom is -0.497 e. The largest absolute Gasteiger partial charge is 0.497 e. The number of nitro groups is 1. The van der Waals surface area contributed by atoms with Crippen LogP contribution in [0.2, 0.25) is 0 Å². The van der Waals surface area contributed by atoms with Crippen LogP contribution in [0.4, 0.5) is 11.4 Å². The van der Waals surface area contributed by atoms with Gasteiger partial charge in [0.05, 0.1) is 23.0 Å². The number of nitrogens with one attached hydrogen (secondary N) is 1. The molecule has 0 aromatic heterocycles. The minimum atomic E-state index is -3.52. The molecule has 0 bridgehead atoms. The zero-order valence-electron chi connectivity index (χ0n) is 15.7. The number of ether oxygens (including phenoxy) is 1. The number of anilines is 1. The van der Waals surface area contributed by atoms with Crippen LogP contribution in [0.1, 0.15) is 11.6 Å². The van der Waals surface area contributed by atoms with E-state index in [2.05, 4.69) is 5.32 Å². The van der Waals surface area contributed by atoms with Crippen LogP contribution < -0.4 is 10.1 Å². The summed E-state index contributed by atoms with van der Waals surface area (Å²) < 4.78 is 28.5. The van der Waals surface area contributed by atoms with Gasteiger partial charge in [-0.3, -0.25) is 10.1 Å². The topological polar surface area (TPSA) is 102 Å². The Balaban J connectivity index is 2.27. The SMILES string of the molecule is COc1ccc([C@H](CNc2ccc(S(C)(=O)=O)cc2[N+](=O)[O-])N(C)C)cc1. The van der Waals surface area contributed by atoms with Crippen molar-refractivity contribution in [2.24, 2.45) is 0 Å². The maximum atomic E-state index is 11.7. The second kappa shape index (κ2) is 8.36. The number of methoxy groups -OCH3 is 1. The summed E-state index contributed by atoms with van der Waals surface area (Å²) >= 11 is 0. The molecule has 0 radical (unpaired) electrons. The van der Waals surface area contributed by atoms with Gasteiger partial charge in [-0.1, -0.05) is 12.1 Å². The van der Waals surface area contributed by atoms with Gasteiger partial charge in [0, 0.05) is 18.9 Å². The van der Waals surface area contributed by atoms with Crippen molar-refractivity contribution in [2.45, 2.75) is 10.9 Å². The van der Waals surface area contributed by atoms with Gasteiger partial charge in [0.2, 0.25) is 0 Å². The zero-order chi connectivity index (χ0) is 20.2. The van der Waals surface area contributed by atoms with E-state index in [-0.39, 0.29) is 22.3 Å². The van der Waals surface area contributed by atoms with Crippen LogP contribution in [0.25, 0.3) is 0 Å². The van der Waals surface area contributed by atoms with Gasteiger partial charge in [-0.15, -0.1) is 0 Å². The highest BCUT2D eigenvalue weighted by molar-refractivity contribution is 7.90. The third kappa shape index (κ3) is 5.18. The van der Waals surface area contributed by atoms with Gasteiger partial charge in [-0.25, -0.2) is 8.42 Å². The highest BCUT2D eigenvalue weighted by Gasteiger charge is 2.20. The van der Waals surface area contributed by atoms with Gasteiger partial charge < -0.3 is 15.0 Å². The van der Waals surface area contributed by atoms with Crippen molar-refractivity contribution in [3.8, 4) is 5.75 Å². The van der Waals surface area contributed by atoms with Crippen LogP contribution in [-0.2, 0) is 9.84 Å². The monoisotopic (exact) mass is 393 g/mol. The average molecular weight is 393 g/mol. The second-order valence-electron chi connectivity index (χ2n) is 6.34. The van der Waals surface area contributed by atoms with Crippen molar-refractivity contribution in [1.29, 1.82) is 0 Å². The molecule has 0 aliphatic carbocycles. The number of hydrogen-bond donors (Lipinski definition) is 1. The smallest absolute Gasteiger partial charge is 0.293 e. The molecule has 27 heavy (non-hydrogen) atoms. The van der Waals surface area contributed by atoms with Crippen molar-refractivity contribution in [3.05, 3.63) is 58.1 Å². The molecule has 0 aliphatic heterocycles. The summed E-state index contributed by atoms with van der Waals surface area (Å²) in [5.74, 6) is 0.746. The Labute approximate surface area is 158 Å². The highest BCUT2D eigenvalue weighted by Crippen LogP contribution is 2.29. The van der Waals surface area contributed by atoms with Crippen LogP contribution in [0, 0.1) is 10.1 Å². The molecule has 9 heteroatoms. The van der Waals surface area contributed by atoms with Gasteiger partial charge in [0.1, 0.15) is 11.4 Å². The standard InChI is InChI=1S/C18H23N3O5S/c1-20(2)18(13-5-7-14(26-3)8-6-13)12-19-16-10-9-15(27(4,24)25)11-17(16)21(22)23/h5-11,18-19H,12H2,1-4H3/t18-/m0/s1. The molecule has 0 saturated carbocycles. The van der Waals surface area contributed by atoms with Crippen molar-refractivity contribution in [1.82, 2.24) is 4.90 Å². The molecule has 1 N–H and O–H groups in total. The molecule has 2 rings (SSSR count). The molecule has 8 nitrogen and oxygen atoms in total. The summed E-state index contributed by atoms with van der Waals surface area (Å²) in [5, 5.41) is 14.4. The lowest BCUT2D eigenvalue weighted by atomic mass is 10.1. The molecule has 146 valence electrons. The summed E-state index contributed by atoms with van der Waals surface area (Å²) in [7, 11) is 1.90. The van der Waals surface area contributed by atoms with Crippen molar-refractivity contribution in [3.63, 3.8) is 0 Å². The lowest BCUT2D eigenvalue weighted by molar-refractivity contribution is -0.384. The van der Waals surface area contributed by atoms with E-state index >= 15 is 0 Å². The number of nitro benzene ring substituents is 1. The molecule has 0 heterocycles. The fourth-order valence-corrected chi connectivity index (χ4v) is 3.31. The number of rotatable bonds is 8. The molecular formula is C18H23N3O5S. The van der Waals surface area contributed by atoms with Gasteiger partial charge >= 0.3 is 0 Å². The maximum Gasteiger partial charge on any atom is 0.293 e. The second-order valence-corrected chi connectivity index (χ2v) is 8.36. The van der Waals surface area contributed by atoms with E-state index in [9.17, 15) is 18.5 Å². The molecule has 0 saturated heterocycles. The first-order valence-electron chi connectivity index (χ1n) is 8.16. The van der Waals surface area contributed by atoms with Crippen molar-refractivity contribution in [2.75, 3.05) is 39.3 Å². The maximum absolute atomic E-state index is 11.7. The van der Waals surface area contributed by atoms with E-state index in [4.69, 9.17) is 4.74 Å². The Morgan fingerprint density at radius 3 is 2.30 bits per heavy atom. The molecule has 0 amide bonds. The van der Waals surface area contributed by atoms with Gasteiger partial charge in [0.15, 0.2) is 9.84 Å². The van der Waals surface area contributed by atoms with Crippen LogP contribution in [-0.4, -0.2) is 52.2 Å². The van der Waals surface area contributed by atoms with E-state index in [1.54, 1.807) is 7.11 Å². The zero-order valence-corrected chi connectivity index (χ0v) is 16.5. The molecule has 2 aromatic carbocycles. The molecule has 1 atom stereocenters. The van der Waals surface area contributed by atoms with Crippen LogP contribution in [0.5, 0.6) is 5.75 Å². The minimum absolute atomic E-state index is 0.0508. The number of benzene rings is 2. The Kier molecular flexibility index (Phi) is 6.40. The molecule has 0 fully saturated rings. The van der Waals surface area contributed by atoms with Crippen molar-refractivity contribution < 1.29 is 18.1 Å². The van der Waals surface area contributed by atoms with Crippen LogP contribution in [0.3, 0.4) is 0 Å².